The topological polar surface area (TPSA) is 79.7 Å². The van der Waals surface area contributed by atoms with Crippen LogP contribution in [0.1, 0.15) is 49.1 Å². The third-order valence-electron chi connectivity index (χ3n) is 6.39. The van der Waals surface area contributed by atoms with Crippen molar-refractivity contribution in [1.82, 2.24) is 4.98 Å². The Morgan fingerprint density at radius 3 is 2.41 bits per heavy atom. The Labute approximate surface area is 219 Å². The lowest BCUT2D eigenvalue weighted by atomic mass is 9.95. The second-order valence-corrected chi connectivity index (χ2v) is 10.4. The summed E-state index contributed by atoms with van der Waals surface area (Å²) in [6.45, 7) is 7.92. The van der Waals surface area contributed by atoms with Crippen LogP contribution in [0.4, 0.5) is 5.13 Å². The van der Waals surface area contributed by atoms with Crippen LogP contribution in [0.5, 0.6) is 5.75 Å². The zero-order valence-electron chi connectivity index (χ0n) is 21.2. The highest BCUT2D eigenvalue weighted by Gasteiger charge is 2.48. The molecular weight excluding hydrogens is 484 g/mol. The van der Waals surface area contributed by atoms with Gasteiger partial charge in [-0.3, -0.25) is 14.5 Å². The van der Waals surface area contributed by atoms with Crippen molar-refractivity contribution in [2.24, 2.45) is 0 Å². The fourth-order valence-electron chi connectivity index (χ4n) is 4.49. The summed E-state index contributed by atoms with van der Waals surface area (Å²) in [5.41, 5.74) is 4.15. The number of anilines is 1. The zero-order valence-corrected chi connectivity index (χ0v) is 22.0. The van der Waals surface area contributed by atoms with Gasteiger partial charge in [-0.25, -0.2) is 4.98 Å². The van der Waals surface area contributed by atoms with Crippen molar-refractivity contribution < 1.29 is 19.4 Å². The minimum absolute atomic E-state index is 0.00813. The molecule has 0 spiro atoms. The first-order valence-corrected chi connectivity index (χ1v) is 13.1. The molecule has 1 fully saturated rings. The lowest BCUT2D eigenvalue weighted by molar-refractivity contribution is -0.132. The molecule has 7 heteroatoms. The number of benzene rings is 3. The van der Waals surface area contributed by atoms with E-state index in [2.05, 4.69) is 13.0 Å². The highest BCUT2D eigenvalue weighted by atomic mass is 32.1. The number of aliphatic hydroxyl groups is 1. The molecular formula is C30H28N2O4S. The second-order valence-electron chi connectivity index (χ2n) is 9.42. The number of thiazole rings is 1. The molecule has 1 atom stereocenters. The summed E-state index contributed by atoms with van der Waals surface area (Å²) < 4.78 is 6.72. The fraction of sp³-hybridized carbons (Fsp3) is 0.233. The number of amides is 1. The predicted molar refractivity (Wildman–Crippen MR) is 147 cm³/mol. The summed E-state index contributed by atoms with van der Waals surface area (Å²) in [7, 11) is 0. The number of nitrogens with zero attached hydrogens (tertiary/aromatic N) is 2. The maximum atomic E-state index is 13.5. The second kappa shape index (κ2) is 9.82. The molecule has 1 aliphatic heterocycles. The first-order valence-electron chi connectivity index (χ1n) is 12.3. The molecule has 37 heavy (non-hydrogen) atoms. The van der Waals surface area contributed by atoms with Crippen LogP contribution in [0.25, 0.3) is 16.0 Å². The van der Waals surface area contributed by atoms with Gasteiger partial charge >= 0.3 is 5.91 Å². The van der Waals surface area contributed by atoms with E-state index in [4.69, 9.17) is 9.72 Å². The summed E-state index contributed by atoms with van der Waals surface area (Å²) >= 11 is 1.36. The van der Waals surface area contributed by atoms with Gasteiger partial charge in [0.15, 0.2) is 5.13 Å². The Morgan fingerprint density at radius 1 is 1.05 bits per heavy atom. The van der Waals surface area contributed by atoms with Gasteiger partial charge in [0.25, 0.3) is 5.78 Å². The molecule has 1 saturated heterocycles. The molecule has 6 nitrogen and oxygen atoms in total. The molecule has 1 N–H and O–H groups in total. The highest BCUT2D eigenvalue weighted by Crippen LogP contribution is 2.44. The number of hydrogen-bond donors (Lipinski definition) is 1. The van der Waals surface area contributed by atoms with E-state index in [0.717, 1.165) is 22.2 Å². The van der Waals surface area contributed by atoms with Crippen molar-refractivity contribution in [3.05, 3.63) is 94.6 Å². The summed E-state index contributed by atoms with van der Waals surface area (Å²) in [5, 5.41) is 11.7. The van der Waals surface area contributed by atoms with Crippen LogP contribution in [-0.4, -0.2) is 27.9 Å². The van der Waals surface area contributed by atoms with Crippen LogP contribution in [-0.2, 0) is 16.0 Å². The molecule has 4 aromatic rings. The number of Topliss-reactive ketones (excluding diaryl/α,β-unsaturated/α-hetero) is 1. The number of rotatable bonds is 6. The van der Waals surface area contributed by atoms with Crippen LogP contribution >= 0.6 is 11.3 Å². The molecule has 0 unspecified atom stereocenters. The number of ketones is 1. The molecule has 0 bridgehead atoms. The van der Waals surface area contributed by atoms with Crippen molar-refractivity contribution in [1.29, 1.82) is 0 Å². The maximum absolute atomic E-state index is 13.5. The lowest BCUT2D eigenvalue weighted by Crippen LogP contribution is -2.29. The Balaban J connectivity index is 1.68. The van der Waals surface area contributed by atoms with Crippen LogP contribution in [0, 0.1) is 6.92 Å². The van der Waals surface area contributed by atoms with Crippen molar-refractivity contribution >= 4 is 44.1 Å². The van der Waals surface area contributed by atoms with Gasteiger partial charge in [0.05, 0.1) is 27.9 Å². The van der Waals surface area contributed by atoms with E-state index in [9.17, 15) is 14.7 Å². The van der Waals surface area contributed by atoms with Crippen LogP contribution < -0.4 is 9.64 Å². The number of carbonyl (C=O) groups is 2. The molecule has 0 saturated carbocycles. The van der Waals surface area contributed by atoms with Crippen molar-refractivity contribution in [3.63, 3.8) is 0 Å². The standard InChI is InChI=1S/C30H28N2O4S/c1-5-19-8-15-23-24(16-19)37-30(31-23)32-26(20-11-13-22(14-12-20)36-17(2)3)25(28(34)29(32)35)27(33)21-9-6-18(4)7-10-21/h6-17,26,33H,5H2,1-4H3/t26-/m1/s1. The highest BCUT2D eigenvalue weighted by molar-refractivity contribution is 7.22. The third kappa shape index (κ3) is 4.62. The van der Waals surface area contributed by atoms with Gasteiger partial charge in [-0.05, 0) is 62.6 Å². The number of aryl methyl sites for hydroxylation is 2. The molecule has 1 amide bonds. The van der Waals surface area contributed by atoms with Crippen molar-refractivity contribution in [2.75, 3.05) is 4.90 Å². The molecule has 188 valence electrons. The summed E-state index contributed by atoms with van der Waals surface area (Å²) in [6, 6.07) is 19.7. The smallest absolute Gasteiger partial charge is 0.301 e. The number of aromatic nitrogens is 1. The van der Waals surface area contributed by atoms with Gasteiger partial charge in [0.2, 0.25) is 0 Å². The van der Waals surface area contributed by atoms with Gasteiger partial charge in [-0.2, -0.15) is 0 Å². The monoisotopic (exact) mass is 512 g/mol. The van der Waals surface area contributed by atoms with Crippen LogP contribution in [0.15, 0.2) is 72.3 Å². The molecule has 2 heterocycles. The van der Waals surface area contributed by atoms with Gasteiger partial charge in [-0.1, -0.05) is 66.3 Å². The summed E-state index contributed by atoms with van der Waals surface area (Å²) in [5.74, 6) is -0.973. The Kier molecular flexibility index (Phi) is 6.56. The van der Waals surface area contributed by atoms with Gasteiger partial charge in [0, 0.05) is 5.56 Å². The molecule has 1 aliphatic rings. The number of fused-ring (bicyclic) bond motifs is 1. The van der Waals surface area contributed by atoms with E-state index in [1.54, 1.807) is 12.1 Å². The van der Waals surface area contributed by atoms with Crippen molar-refractivity contribution in [3.8, 4) is 5.75 Å². The first-order chi connectivity index (χ1) is 17.8. The normalized spacial score (nSPS) is 17.2. The number of aliphatic hydroxyl groups excluding tert-OH is 1. The van der Waals surface area contributed by atoms with Crippen molar-refractivity contribution in [2.45, 2.75) is 46.3 Å². The molecule has 0 aliphatic carbocycles. The Bertz CT molecular complexity index is 1520. The Hall–Kier alpha value is -3.97. The SMILES string of the molecule is CCc1ccc2nc(N3C(=O)C(=O)C(=C(O)c4ccc(C)cc4)[C@H]3c3ccc(OC(C)C)cc3)sc2c1. The van der Waals surface area contributed by atoms with Gasteiger partial charge in [-0.15, -0.1) is 0 Å². The fourth-order valence-corrected chi connectivity index (χ4v) is 5.55. The molecule has 3 aromatic carbocycles. The van der Waals surface area contributed by atoms with E-state index in [-0.39, 0.29) is 17.4 Å². The maximum Gasteiger partial charge on any atom is 0.301 e. The first kappa shape index (κ1) is 24.7. The molecule has 0 radical (unpaired) electrons. The largest absolute Gasteiger partial charge is 0.507 e. The third-order valence-corrected chi connectivity index (χ3v) is 7.41. The predicted octanol–water partition coefficient (Wildman–Crippen LogP) is 6.58. The van der Waals surface area contributed by atoms with E-state index >= 15 is 0 Å². The average molecular weight is 513 g/mol. The summed E-state index contributed by atoms with van der Waals surface area (Å²) in [4.78, 5) is 33.0. The molecule has 5 rings (SSSR count). The average Bonchev–Trinajstić information content (AvgIpc) is 3.41. The number of carbonyl (C=O) groups excluding carboxylic acids is 2. The number of ether oxygens (including phenoxy) is 1. The van der Waals surface area contributed by atoms with E-state index in [1.807, 2.05) is 69.3 Å². The van der Waals surface area contributed by atoms with Gasteiger partial charge < -0.3 is 9.84 Å². The van der Waals surface area contributed by atoms with E-state index < -0.39 is 17.7 Å². The summed E-state index contributed by atoms with van der Waals surface area (Å²) in [6.07, 6.45) is 0.892. The lowest BCUT2D eigenvalue weighted by Gasteiger charge is -2.23. The Morgan fingerprint density at radius 2 is 1.76 bits per heavy atom. The van der Waals surface area contributed by atoms with Crippen LogP contribution in [0.3, 0.4) is 0 Å². The zero-order chi connectivity index (χ0) is 26.3. The number of hydrogen-bond acceptors (Lipinski definition) is 6. The molecule has 1 aromatic heterocycles. The van der Waals surface area contributed by atoms with Gasteiger partial charge in [0.1, 0.15) is 11.5 Å². The quantitative estimate of drug-likeness (QED) is 0.179. The van der Waals surface area contributed by atoms with E-state index in [0.29, 0.717) is 22.0 Å². The minimum atomic E-state index is -0.833. The minimum Gasteiger partial charge on any atom is -0.507 e. The van der Waals surface area contributed by atoms with Crippen LogP contribution in [0.2, 0.25) is 0 Å². The van der Waals surface area contributed by atoms with E-state index in [1.165, 1.54) is 21.8 Å².